The van der Waals surface area contributed by atoms with Gasteiger partial charge in [-0.05, 0) is 0 Å². The van der Waals surface area contributed by atoms with E-state index < -0.39 is 218 Å². The fraction of sp³-hybridized carbons (Fsp3) is 0.429. The van der Waals surface area contributed by atoms with Crippen LogP contribution in [0.2, 0.25) is 0 Å². The zero-order valence-electron chi connectivity index (χ0n) is 39.8. The molecule has 3 aromatic rings. The number of alkyl halides is 39. The van der Waals surface area contributed by atoms with Gasteiger partial charge < -0.3 is 4.57 Å². The lowest BCUT2D eigenvalue weighted by atomic mass is 9.93. The van der Waals surface area contributed by atoms with Crippen molar-refractivity contribution < 1.29 is 202 Å². The molecule has 0 bridgehead atoms. The van der Waals surface area contributed by atoms with E-state index in [1.54, 1.807) is 0 Å². The van der Waals surface area contributed by atoms with Crippen LogP contribution in [-0.4, -0.2) is 107 Å². The summed E-state index contributed by atoms with van der Waals surface area (Å²) in [5.41, 5.74) is -6.86. The van der Waals surface area contributed by atoms with Gasteiger partial charge in [0.1, 0.15) is 0 Å². The van der Waals surface area contributed by atoms with E-state index in [9.17, 15) is 189 Å². The second-order valence-electron chi connectivity index (χ2n) is 17.2. The third kappa shape index (κ3) is 10.9. The number of benzene rings is 3. The van der Waals surface area contributed by atoms with Crippen LogP contribution < -0.4 is 15.9 Å². The van der Waals surface area contributed by atoms with Gasteiger partial charge in [-0.3, -0.25) is 0 Å². The highest BCUT2D eigenvalue weighted by Gasteiger charge is 2.94. The number of rotatable bonds is 21. The van der Waals surface area contributed by atoms with E-state index in [0.717, 1.165) is 0 Å². The molecule has 0 atom stereocenters. The summed E-state index contributed by atoms with van der Waals surface area (Å²) < 4.78 is 635. The number of allylic oxidation sites excluding steroid dienone is 3. The van der Waals surface area contributed by atoms with Crippen LogP contribution in [0.25, 0.3) is 17.5 Å². The molecule has 0 aliphatic carbocycles. The topological polar surface area (TPSA) is 17.1 Å². The van der Waals surface area contributed by atoms with E-state index in [1.807, 2.05) is 0 Å². The van der Waals surface area contributed by atoms with Crippen molar-refractivity contribution in [1.29, 1.82) is 0 Å². The Balaban J connectivity index is 2.43. The van der Waals surface area contributed by atoms with Gasteiger partial charge >= 0.3 is 107 Å². The van der Waals surface area contributed by atoms with E-state index in [0.29, 0.717) is 0 Å². The van der Waals surface area contributed by atoms with Crippen LogP contribution in [0.1, 0.15) is 16.7 Å². The Hall–Kier alpha value is -6.04. The molecule has 89 heavy (non-hydrogen) atoms. The quantitative estimate of drug-likeness (QED) is 0.0767. The fourth-order valence-electron chi connectivity index (χ4n) is 6.42. The molecule has 0 amide bonds. The van der Waals surface area contributed by atoms with E-state index in [4.69, 9.17) is 0 Å². The van der Waals surface area contributed by atoms with Crippen molar-refractivity contribution in [2.45, 2.75) is 107 Å². The SMILES string of the molecule is O=P(c1ccc(C(F)=C(F)C(F)(F)C(F)(F)C(F)(F)C(F)(F)C(F)(F)C(F)(F)F)cc1)(c1ccc(C(F)=C(F)C(F)(F)C(F)(F)C(F)(F)C(F)(F)C(F)(F)C(F)(F)F)cc1)c1ccc(C(F)=C(F)C(F)(F)C(F)(F)C(F)(F)C(F)(F)C(F)(F)C(F)(F)F)cc1. The summed E-state index contributed by atoms with van der Waals surface area (Å²) >= 11 is 0. The van der Waals surface area contributed by atoms with Gasteiger partial charge in [-0.2, -0.15) is 171 Å². The van der Waals surface area contributed by atoms with Gasteiger partial charge in [0, 0.05) is 32.6 Å². The summed E-state index contributed by atoms with van der Waals surface area (Å²) in [6.07, 6.45) is -24.1. The first-order valence-corrected chi connectivity index (χ1v) is 22.5. The molecule has 1 nitrogen and oxygen atoms in total. The second kappa shape index (κ2) is 22.1. The Labute approximate surface area is 457 Å². The van der Waals surface area contributed by atoms with Gasteiger partial charge in [0.15, 0.2) is 24.6 Å². The Bertz CT molecular complexity index is 2900. The van der Waals surface area contributed by atoms with Crippen molar-refractivity contribution >= 4 is 40.5 Å². The van der Waals surface area contributed by atoms with E-state index >= 15 is 13.2 Å². The van der Waals surface area contributed by atoms with Crippen LogP contribution >= 0.6 is 7.14 Å². The van der Waals surface area contributed by atoms with E-state index in [1.165, 1.54) is 0 Å². The van der Waals surface area contributed by atoms with Crippen molar-refractivity contribution in [2.24, 2.45) is 0 Å². The molecule has 0 saturated carbocycles. The maximum atomic E-state index is 15.1. The lowest BCUT2D eigenvalue weighted by Crippen LogP contribution is -2.70. The van der Waals surface area contributed by atoms with Crippen molar-refractivity contribution in [3.05, 3.63) is 107 Å². The molecule has 0 aliphatic rings. The summed E-state index contributed by atoms with van der Waals surface area (Å²) in [5.74, 6) is -154. The molecular weight excluding hydrogens is 1410 g/mol. The molecule has 0 N–H and O–H groups in total. The largest absolute Gasteiger partial charge is 0.460 e. The first-order chi connectivity index (χ1) is 38.8. The highest BCUT2D eigenvalue weighted by molar-refractivity contribution is 7.85. The Morgan fingerprint density at radius 1 is 0.213 bits per heavy atom. The van der Waals surface area contributed by atoms with Gasteiger partial charge in [0.2, 0.25) is 17.5 Å². The predicted molar refractivity (Wildman–Crippen MR) is 206 cm³/mol. The molecule has 47 heteroatoms. The van der Waals surface area contributed by atoms with Gasteiger partial charge in [-0.15, -0.1) is 0 Å². The lowest BCUT2D eigenvalue weighted by Gasteiger charge is -2.39. The molecule has 0 fully saturated rings. The molecule has 0 aromatic heterocycles. The lowest BCUT2D eigenvalue weighted by molar-refractivity contribution is -0.437. The average Bonchev–Trinajstić information content (AvgIpc) is 0.744. The zero-order chi connectivity index (χ0) is 70.9. The van der Waals surface area contributed by atoms with Crippen LogP contribution in [0.3, 0.4) is 0 Å². The van der Waals surface area contributed by atoms with Crippen molar-refractivity contribution in [3.63, 3.8) is 0 Å². The van der Waals surface area contributed by atoms with Crippen LogP contribution in [0, 0.1) is 0 Å². The summed E-state index contributed by atoms with van der Waals surface area (Å²) in [4.78, 5) is 0. The molecule has 0 unspecified atom stereocenters. The first-order valence-electron chi connectivity index (χ1n) is 20.8. The maximum Gasteiger partial charge on any atom is 0.460 e. The minimum absolute atomic E-state index is 0.296. The van der Waals surface area contributed by atoms with Crippen molar-refractivity contribution in [2.75, 3.05) is 0 Å². The van der Waals surface area contributed by atoms with Crippen molar-refractivity contribution in [3.8, 4) is 0 Å². The van der Waals surface area contributed by atoms with Crippen LogP contribution in [0.5, 0.6) is 0 Å². The minimum atomic E-state index is -8.81. The monoisotopic (exact) mass is 1420 g/mol. The van der Waals surface area contributed by atoms with Gasteiger partial charge in [0.25, 0.3) is 0 Å². The molecule has 0 aliphatic heterocycles. The minimum Gasteiger partial charge on any atom is -0.309 e. The molecule has 506 valence electrons. The zero-order valence-corrected chi connectivity index (χ0v) is 40.7. The third-order valence-electron chi connectivity index (χ3n) is 11.7. The van der Waals surface area contributed by atoms with Gasteiger partial charge in [-0.1, -0.05) is 72.8 Å². The number of hydrogen-bond acceptors (Lipinski definition) is 1. The number of halogens is 45. The molecular formula is C42H12F45OP. The Morgan fingerprint density at radius 3 is 0.483 bits per heavy atom. The van der Waals surface area contributed by atoms with E-state index in [-0.39, 0.29) is 36.4 Å². The Morgan fingerprint density at radius 2 is 0.348 bits per heavy atom. The average molecular weight is 1420 g/mol. The third-order valence-corrected chi connectivity index (χ3v) is 14.7. The maximum absolute atomic E-state index is 15.1. The molecule has 0 radical (unpaired) electrons. The first kappa shape index (κ1) is 77.2. The summed E-state index contributed by atoms with van der Waals surface area (Å²) in [5, 5.41) is -4.65. The standard InChI is InChI=1S/C42H12F45OP/c43-19(22(46)25(49,50)28(55,56)31(61,62)34(67,68)37(73,74)40(79,80)81)13-1-7-16(8-2-13)89(88,17-9-3-14(4-10-17)20(44)23(47)26(51,52)29(57,58)32(63,64)35(69,70)38(75,76)41(82,83)84)18-11-5-15(6-12-18)21(45)24(48)27(53,54)30(59,60)33(65,66)36(71,72)39(77,78)42(85,86)87/h1-12H. The molecule has 3 rings (SSSR count). The molecule has 3 aromatic carbocycles. The van der Waals surface area contributed by atoms with Crippen LogP contribution in [-0.2, 0) is 4.57 Å². The van der Waals surface area contributed by atoms with Crippen LogP contribution in [0.4, 0.5) is 198 Å². The highest BCUT2D eigenvalue weighted by atomic mass is 31.2. The summed E-state index contributed by atoms with van der Waals surface area (Å²) in [6.45, 7) is 0. The second-order valence-corrected chi connectivity index (χ2v) is 20.0. The van der Waals surface area contributed by atoms with Crippen LogP contribution in [0.15, 0.2) is 90.3 Å². The number of hydrogen-bond donors (Lipinski definition) is 0. The molecule has 0 saturated heterocycles. The van der Waals surface area contributed by atoms with E-state index in [2.05, 4.69) is 0 Å². The Kier molecular flexibility index (Phi) is 19.2. The molecule has 0 heterocycles. The predicted octanol–water partition coefficient (Wildman–Crippen LogP) is 19.4. The smallest absolute Gasteiger partial charge is 0.309 e. The van der Waals surface area contributed by atoms with Gasteiger partial charge in [-0.25, -0.2) is 26.3 Å². The summed E-state index contributed by atoms with van der Waals surface area (Å²) in [7, 11) is -5.92. The van der Waals surface area contributed by atoms with Gasteiger partial charge in [0.05, 0.1) is 0 Å². The molecule has 0 spiro atoms. The normalized spacial score (nSPS) is 17.0. The van der Waals surface area contributed by atoms with Crippen molar-refractivity contribution in [1.82, 2.24) is 0 Å². The highest BCUT2D eigenvalue weighted by Crippen LogP contribution is 2.66. The summed E-state index contributed by atoms with van der Waals surface area (Å²) in [6, 6.07) is -4.90. The fourth-order valence-corrected chi connectivity index (χ4v) is 9.02.